The number of rotatable bonds is 5. The minimum absolute atomic E-state index is 0.145. The third-order valence-electron chi connectivity index (χ3n) is 3.96. The number of nitrogens with zero attached hydrogens (tertiary/aromatic N) is 1. The molecule has 0 radical (unpaired) electrons. The molecule has 8 heteroatoms. The van der Waals surface area contributed by atoms with Gasteiger partial charge in [0.15, 0.2) is 5.69 Å². The summed E-state index contributed by atoms with van der Waals surface area (Å²) in [6.07, 6.45) is 3.75. The number of halogens is 1. The van der Waals surface area contributed by atoms with Gasteiger partial charge in [0.25, 0.3) is 15.0 Å². The molecule has 21 heavy (non-hydrogen) atoms. The van der Waals surface area contributed by atoms with E-state index >= 15 is 0 Å². The molecule has 2 rings (SSSR count). The van der Waals surface area contributed by atoms with Crippen LogP contribution < -0.4 is 5.32 Å². The molecule has 1 fully saturated rings. The Labute approximate surface area is 129 Å². The van der Waals surface area contributed by atoms with Crippen LogP contribution in [0, 0.1) is 11.8 Å². The lowest BCUT2D eigenvalue weighted by molar-refractivity contribution is 0.0939. The van der Waals surface area contributed by atoms with E-state index in [4.69, 9.17) is 10.7 Å². The number of H-pyrrole nitrogens is 1. The number of hydrogen-bond acceptors (Lipinski definition) is 4. The molecule has 0 spiro atoms. The molecule has 2 unspecified atom stereocenters. The van der Waals surface area contributed by atoms with Crippen LogP contribution in [0.1, 0.15) is 49.3 Å². The van der Waals surface area contributed by atoms with Crippen molar-refractivity contribution in [1.82, 2.24) is 15.5 Å². The van der Waals surface area contributed by atoms with E-state index in [0.717, 1.165) is 12.8 Å². The van der Waals surface area contributed by atoms with Crippen LogP contribution in [0.4, 0.5) is 0 Å². The molecule has 1 aliphatic carbocycles. The fraction of sp³-hybridized carbons (Fsp3) is 0.692. The number of carbonyl (C=O) groups is 1. The third kappa shape index (κ3) is 3.77. The second-order valence-corrected chi connectivity index (χ2v) is 8.17. The number of aromatic amines is 1. The number of nitrogens with one attached hydrogen (secondary N) is 2. The highest BCUT2D eigenvalue weighted by Crippen LogP contribution is 2.29. The first-order valence-corrected chi connectivity index (χ1v) is 9.44. The summed E-state index contributed by atoms with van der Waals surface area (Å²) in [6, 6.07) is 0. The Balaban J connectivity index is 2.11. The highest BCUT2D eigenvalue weighted by atomic mass is 35.7. The van der Waals surface area contributed by atoms with Crippen molar-refractivity contribution in [3.8, 4) is 0 Å². The van der Waals surface area contributed by atoms with Crippen molar-refractivity contribution in [2.75, 3.05) is 6.54 Å². The summed E-state index contributed by atoms with van der Waals surface area (Å²) in [5, 5.41) is 9.15. The summed E-state index contributed by atoms with van der Waals surface area (Å²) in [5.74, 6) is 0.636. The minimum atomic E-state index is -4.01. The van der Waals surface area contributed by atoms with E-state index in [9.17, 15) is 13.2 Å². The van der Waals surface area contributed by atoms with Gasteiger partial charge in [-0.25, -0.2) is 8.42 Å². The zero-order chi connectivity index (χ0) is 15.6. The van der Waals surface area contributed by atoms with Gasteiger partial charge in [-0.05, 0) is 31.1 Å². The molecule has 0 bridgehead atoms. The smallest absolute Gasteiger partial charge is 0.273 e. The predicted octanol–water partition coefficient (Wildman–Crippen LogP) is 2.07. The van der Waals surface area contributed by atoms with E-state index in [1.54, 1.807) is 6.92 Å². The van der Waals surface area contributed by atoms with Gasteiger partial charge in [-0.3, -0.25) is 9.89 Å². The lowest BCUT2D eigenvalue weighted by atomic mass is 10.1. The summed E-state index contributed by atoms with van der Waals surface area (Å²) in [5.41, 5.74) is 0.206. The van der Waals surface area contributed by atoms with E-state index in [-0.39, 0.29) is 10.6 Å². The van der Waals surface area contributed by atoms with Crippen molar-refractivity contribution in [2.45, 2.75) is 44.4 Å². The van der Waals surface area contributed by atoms with Crippen LogP contribution in [0.2, 0.25) is 0 Å². The Kier molecular flexibility index (Phi) is 4.93. The van der Waals surface area contributed by atoms with Crippen molar-refractivity contribution in [3.05, 3.63) is 11.4 Å². The Morgan fingerprint density at radius 1 is 1.48 bits per heavy atom. The van der Waals surface area contributed by atoms with E-state index < -0.39 is 15.0 Å². The number of amides is 1. The highest BCUT2D eigenvalue weighted by molar-refractivity contribution is 8.13. The van der Waals surface area contributed by atoms with Gasteiger partial charge < -0.3 is 5.32 Å². The lowest BCUT2D eigenvalue weighted by Crippen LogP contribution is -2.29. The molecule has 0 saturated heterocycles. The molecule has 1 aromatic heterocycles. The normalized spacial score (nSPS) is 22.4. The van der Waals surface area contributed by atoms with Crippen molar-refractivity contribution in [2.24, 2.45) is 11.8 Å². The van der Waals surface area contributed by atoms with Crippen LogP contribution in [-0.4, -0.2) is 31.1 Å². The molecular weight excluding hydrogens is 314 g/mol. The van der Waals surface area contributed by atoms with Crippen molar-refractivity contribution >= 4 is 25.6 Å². The van der Waals surface area contributed by atoms with Crippen LogP contribution in [0.15, 0.2) is 4.90 Å². The van der Waals surface area contributed by atoms with Gasteiger partial charge in [0, 0.05) is 17.2 Å². The van der Waals surface area contributed by atoms with Gasteiger partial charge in [-0.1, -0.05) is 20.3 Å². The Bertz CT molecular complexity index is 627. The van der Waals surface area contributed by atoms with Crippen LogP contribution in [-0.2, 0) is 15.5 Å². The zero-order valence-corrected chi connectivity index (χ0v) is 13.7. The summed E-state index contributed by atoms with van der Waals surface area (Å²) in [6.45, 7) is 4.50. The van der Waals surface area contributed by atoms with Crippen molar-refractivity contribution in [3.63, 3.8) is 0 Å². The van der Waals surface area contributed by atoms with E-state index in [1.165, 1.54) is 6.42 Å². The van der Waals surface area contributed by atoms with Gasteiger partial charge in [0.1, 0.15) is 4.90 Å². The van der Waals surface area contributed by atoms with Crippen LogP contribution in [0.25, 0.3) is 0 Å². The van der Waals surface area contributed by atoms with Crippen molar-refractivity contribution in [1.29, 1.82) is 0 Å². The van der Waals surface area contributed by atoms with Gasteiger partial charge in [0.05, 0.1) is 5.69 Å². The second kappa shape index (κ2) is 6.36. The van der Waals surface area contributed by atoms with E-state index in [0.29, 0.717) is 30.5 Å². The molecule has 6 nitrogen and oxygen atoms in total. The molecule has 2 N–H and O–H groups in total. The van der Waals surface area contributed by atoms with Crippen molar-refractivity contribution < 1.29 is 13.2 Å². The Morgan fingerprint density at radius 2 is 2.19 bits per heavy atom. The standard InChI is InChI=1S/C13H20ClN3O3S/c1-3-10-12(21(14,19)20)11(17-16-10)13(18)15-7-9-5-4-8(2)6-9/h8-9H,3-7H2,1-2H3,(H,15,18)(H,16,17). The zero-order valence-electron chi connectivity index (χ0n) is 12.1. The fourth-order valence-electron chi connectivity index (χ4n) is 2.86. The van der Waals surface area contributed by atoms with Crippen LogP contribution in [0.5, 0.6) is 0 Å². The average molecular weight is 334 g/mol. The fourth-order valence-corrected chi connectivity index (χ4v) is 4.21. The largest absolute Gasteiger partial charge is 0.350 e. The van der Waals surface area contributed by atoms with Gasteiger partial charge in [-0.15, -0.1) is 0 Å². The molecule has 118 valence electrons. The molecule has 2 atom stereocenters. The monoisotopic (exact) mass is 333 g/mol. The quantitative estimate of drug-likeness (QED) is 0.807. The topological polar surface area (TPSA) is 91.9 Å². The van der Waals surface area contributed by atoms with Crippen LogP contribution >= 0.6 is 10.7 Å². The SMILES string of the molecule is CCc1[nH]nc(C(=O)NCC2CCC(C)C2)c1S(=O)(=O)Cl. The maximum Gasteiger partial charge on any atom is 0.273 e. The number of hydrogen-bond donors (Lipinski definition) is 2. The first-order chi connectivity index (χ1) is 9.82. The minimum Gasteiger partial charge on any atom is -0.350 e. The maximum absolute atomic E-state index is 12.2. The van der Waals surface area contributed by atoms with Gasteiger partial charge >= 0.3 is 0 Å². The molecule has 0 aliphatic heterocycles. The van der Waals surface area contributed by atoms with Gasteiger partial charge in [-0.2, -0.15) is 5.10 Å². The van der Waals surface area contributed by atoms with Gasteiger partial charge in [0.2, 0.25) is 0 Å². The van der Waals surface area contributed by atoms with E-state index in [2.05, 4.69) is 22.4 Å². The lowest BCUT2D eigenvalue weighted by Gasteiger charge is -2.10. The molecule has 1 aromatic rings. The molecule has 1 saturated carbocycles. The number of carbonyl (C=O) groups excluding carboxylic acids is 1. The first kappa shape index (κ1) is 16.3. The third-order valence-corrected chi connectivity index (χ3v) is 5.35. The molecule has 1 aliphatic rings. The second-order valence-electron chi connectivity index (χ2n) is 5.67. The summed E-state index contributed by atoms with van der Waals surface area (Å²) < 4.78 is 23.3. The van der Waals surface area contributed by atoms with E-state index in [1.807, 2.05) is 0 Å². The van der Waals surface area contributed by atoms with Crippen LogP contribution in [0.3, 0.4) is 0 Å². The first-order valence-electron chi connectivity index (χ1n) is 7.13. The predicted molar refractivity (Wildman–Crippen MR) is 79.8 cm³/mol. The summed E-state index contributed by atoms with van der Waals surface area (Å²) in [4.78, 5) is 12.0. The molecule has 1 heterocycles. The maximum atomic E-state index is 12.2. The number of aromatic nitrogens is 2. The highest BCUT2D eigenvalue weighted by Gasteiger charge is 2.28. The molecule has 0 aromatic carbocycles. The average Bonchev–Trinajstić information content (AvgIpc) is 3.01. The Morgan fingerprint density at radius 3 is 2.71 bits per heavy atom. The molecular formula is C13H20ClN3O3S. The number of aryl methyl sites for hydroxylation is 1. The summed E-state index contributed by atoms with van der Waals surface area (Å²) >= 11 is 0. The summed E-state index contributed by atoms with van der Waals surface area (Å²) in [7, 11) is 1.41. The molecule has 1 amide bonds. The Hall–Kier alpha value is -1.08.